The molecular weight excluding hydrogens is 258 g/mol. The number of nitrogens with zero attached hydrogens (tertiary/aromatic N) is 1. The van der Waals surface area contributed by atoms with Crippen LogP contribution in [0, 0.1) is 11.6 Å². The first kappa shape index (κ1) is 14.0. The molecule has 20 heavy (non-hydrogen) atoms. The molecule has 2 fully saturated rings. The Morgan fingerprint density at radius 3 is 2.50 bits per heavy atom. The smallest absolute Gasteiger partial charge is 0.163 e. The minimum absolute atomic E-state index is 0.150. The molecule has 1 aliphatic carbocycles. The van der Waals surface area contributed by atoms with Gasteiger partial charge in [-0.05, 0) is 51.8 Å². The molecule has 1 heterocycles. The minimum Gasteiger partial charge on any atom is -0.307 e. The molecule has 1 N–H and O–H groups in total. The van der Waals surface area contributed by atoms with Crippen LogP contribution in [0.25, 0.3) is 0 Å². The molecule has 110 valence electrons. The van der Waals surface area contributed by atoms with Crippen LogP contribution in [0.3, 0.4) is 0 Å². The third kappa shape index (κ3) is 3.01. The number of halogens is 2. The highest BCUT2D eigenvalue weighted by molar-refractivity contribution is 5.22. The maximum absolute atomic E-state index is 13.8. The van der Waals surface area contributed by atoms with Crippen LogP contribution in [0.4, 0.5) is 8.78 Å². The molecule has 0 radical (unpaired) electrons. The Bertz CT molecular complexity index is 466. The van der Waals surface area contributed by atoms with Gasteiger partial charge in [-0.2, -0.15) is 0 Å². The Labute approximate surface area is 119 Å². The van der Waals surface area contributed by atoms with Gasteiger partial charge < -0.3 is 10.2 Å². The predicted octanol–water partition coefficient (Wildman–Crippen LogP) is 3.24. The van der Waals surface area contributed by atoms with Crippen LogP contribution in [0.15, 0.2) is 18.2 Å². The molecule has 4 heteroatoms. The molecule has 1 aromatic carbocycles. The number of likely N-dealkylation sites (tertiary alicyclic amines) is 1. The van der Waals surface area contributed by atoms with Crippen molar-refractivity contribution in [3.8, 4) is 0 Å². The number of hydrogen-bond donors (Lipinski definition) is 1. The van der Waals surface area contributed by atoms with Crippen LogP contribution >= 0.6 is 0 Å². The molecule has 1 unspecified atom stereocenters. The molecule has 1 saturated heterocycles. The van der Waals surface area contributed by atoms with E-state index in [-0.39, 0.29) is 6.04 Å². The second-order valence-corrected chi connectivity index (χ2v) is 6.07. The molecule has 2 aliphatic rings. The van der Waals surface area contributed by atoms with Gasteiger partial charge in [0.25, 0.3) is 0 Å². The van der Waals surface area contributed by atoms with E-state index >= 15 is 0 Å². The molecular formula is C16H22F2N2. The van der Waals surface area contributed by atoms with E-state index in [4.69, 9.17) is 0 Å². The number of nitrogens with one attached hydrogen (secondary N) is 1. The lowest BCUT2D eigenvalue weighted by Crippen LogP contribution is -2.44. The summed E-state index contributed by atoms with van der Waals surface area (Å²) in [6.45, 7) is 4.16. The van der Waals surface area contributed by atoms with E-state index in [0.717, 1.165) is 32.0 Å². The Hall–Kier alpha value is -1.00. The fourth-order valence-electron chi connectivity index (χ4n) is 3.17. The fourth-order valence-corrected chi connectivity index (χ4v) is 3.17. The van der Waals surface area contributed by atoms with Gasteiger partial charge in [0, 0.05) is 23.7 Å². The van der Waals surface area contributed by atoms with Crippen molar-refractivity contribution >= 4 is 0 Å². The minimum atomic E-state index is -0.764. The summed E-state index contributed by atoms with van der Waals surface area (Å²) in [5.74, 6) is -1.48. The second-order valence-electron chi connectivity index (χ2n) is 6.07. The summed E-state index contributed by atoms with van der Waals surface area (Å²) in [7, 11) is 0. The van der Waals surface area contributed by atoms with Crippen molar-refractivity contribution in [3.05, 3.63) is 35.4 Å². The van der Waals surface area contributed by atoms with Crippen LogP contribution in [0.2, 0.25) is 0 Å². The predicted molar refractivity (Wildman–Crippen MR) is 75.5 cm³/mol. The lowest BCUT2D eigenvalue weighted by Gasteiger charge is -2.34. The summed E-state index contributed by atoms with van der Waals surface area (Å²) in [6, 6.07) is 5.48. The summed E-state index contributed by atoms with van der Waals surface area (Å²) in [4.78, 5) is 2.56. The van der Waals surface area contributed by atoms with Gasteiger partial charge in [0.05, 0.1) is 0 Å². The van der Waals surface area contributed by atoms with E-state index in [1.165, 1.54) is 18.9 Å². The molecule has 1 atom stereocenters. The topological polar surface area (TPSA) is 15.3 Å². The van der Waals surface area contributed by atoms with Crippen LogP contribution in [-0.2, 0) is 0 Å². The van der Waals surface area contributed by atoms with Crippen molar-refractivity contribution in [3.63, 3.8) is 0 Å². The largest absolute Gasteiger partial charge is 0.307 e. The van der Waals surface area contributed by atoms with Gasteiger partial charge in [0.15, 0.2) is 11.6 Å². The van der Waals surface area contributed by atoms with Gasteiger partial charge in [-0.3, -0.25) is 0 Å². The van der Waals surface area contributed by atoms with Crippen molar-refractivity contribution in [1.29, 1.82) is 0 Å². The van der Waals surface area contributed by atoms with Gasteiger partial charge in [-0.25, -0.2) is 8.78 Å². The Morgan fingerprint density at radius 2 is 1.85 bits per heavy atom. The number of rotatable bonds is 4. The fraction of sp³-hybridized carbons (Fsp3) is 0.625. The zero-order valence-corrected chi connectivity index (χ0v) is 11.9. The van der Waals surface area contributed by atoms with Gasteiger partial charge in [0.1, 0.15) is 0 Å². The average Bonchev–Trinajstić information content (AvgIpc) is 3.27. The summed E-state index contributed by atoms with van der Waals surface area (Å²) >= 11 is 0. The van der Waals surface area contributed by atoms with Crippen molar-refractivity contribution in [2.45, 2.75) is 50.7 Å². The van der Waals surface area contributed by atoms with E-state index in [2.05, 4.69) is 10.2 Å². The number of piperidine rings is 1. The second kappa shape index (κ2) is 5.78. The van der Waals surface area contributed by atoms with Crippen molar-refractivity contribution in [2.75, 3.05) is 13.1 Å². The third-order valence-corrected chi connectivity index (χ3v) is 4.53. The first-order valence-electron chi connectivity index (χ1n) is 7.59. The number of benzene rings is 1. The lowest BCUT2D eigenvalue weighted by atomic mass is 10.0. The molecule has 1 aromatic rings. The summed E-state index contributed by atoms with van der Waals surface area (Å²) in [6.07, 6.45) is 4.89. The Kier molecular flexibility index (Phi) is 4.03. The zero-order valence-electron chi connectivity index (χ0n) is 11.9. The molecule has 0 amide bonds. The van der Waals surface area contributed by atoms with E-state index < -0.39 is 11.6 Å². The van der Waals surface area contributed by atoms with Gasteiger partial charge >= 0.3 is 0 Å². The van der Waals surface area contributed by atoms with Gasteiger partial charge in [0.2, 0.25) is 0 Å². The van der Waals surface area contributed by atoms with Crippen LogP contribution in [0.1, 0.15) is 44.2 Å². The molecule has 0 aromatic heterocycles. The maximum atomic E-state index is 13.8. The average molecular weight is 280 g/mol. The van der Waals surface area contributed by atoms with Crippen molar-refractivity contribution in [1.82, 2.24) is 10.2 Å². The van der Waals surface area contributed by atoms with Crippen LogP contribution in [-0.4, -0.2) is 30.1 Å². The van der Waals surface area contributed by atoms with Crippen molar-refractivity contribution < 1.29 is 8.78 Å². The quantitative estimate of drug-likeness (QED) is 0.911. The summed E-state index contributed by atoms with van der Waals surface area (Å²) < 4.78 is 27.0. The first-order valence-corrected chi connectivity index (χ1v) is 7.59. The van der Waals surface area contributed by atoms with Gasteiger partial charge in [-0.15, -0.1) is 0 Å². The molecule has 2 nitrogen and oxygen atoms in total. The van der Waals surface area contributed by atoms with E-state index in [1.807, 2.05) is 6.92 Å². The standard InChI is InChI=1S/C16H22F2N2/c1-11(14-3-2-4-15(17)16(14)18)19-12-7-9-20(10-8-12)13-5-6-13/h2-4,11-13,19H,5-10H2,1H3. The van der Waals surface area contributed by atoms with Gasteiger partial charge in [-0.1, -0.05) is 12.1 Å². The van der Waals surface area contributed by atoms with E-state index in [1.54, 1.807) is 12.1 Å². The monoisotopic (exact) mass is 280 g/mol. The Morgan fingerprint density at radius 1 is 1.15 bits per heavy atom. The molecule has 0 spiro atoms. The third-order valence-electron chi connectivity index (χ3n) is 4.53. The number of hydrogen-bond acceptors (Lipinski definition) is 2. The zero-order chi connectivity index (χ0) is 14.1. The molecule has 3 rings (SSSR count). The lowest BCUT2D eigenvalue weighted by molar-refractivity contribution is 0.184. The summed E-state index contributed by atoms with van der Waals surface area (Å²) in [5, 5.41) is 3.45. The van der Waals surface area contributed by atoms with E-state index in [0.29, 0.717) is 11.6 Å². The molecule has 1 aliphatic heterocycles. The van der Waals surface area contributed by atoms with Crippen LogP contribution in [0.5, 0.6) is 0 Å². The highest BCUT2D eigenvalue weighted by Crippen LogP contribution is 2.30. The maximum Gasteiger partial charge on any atom is 0.163 e. The molecule has 1 saturated carbocycles. The van der Waals surface area contributed by atoms with Crippen LogP contribution < -0.4 is 5.32 Å². The van der Waals surface area contributed by atoms with Crippen molar-refractivity contribution in [2.24, 2.45) is 0 Å². The highest BCUT2D eigenvalue weighted by atomic mass is 19.2. The highest BCUT2D eigenvalue weighted by Gasteiger charge is 2.32. The Balaban J connectivity index is 1.56. The van der Waals surface area contributed by atoms with E-state index in [9.17, 15) is 8.78 Å². The SMILES string of the molecule is CC(NC1CCN(C2CC2)CC1)c1cccc(F)c1F. The first-order chi connectivity index (χ1) is 9.65. The summed E-state index contributed by atoms with van der Waals surface area (Å²) in [5.41, 5.74) is 0.426. The normalized spacial score (nSPS) is 22.9. The molecule has 0 bridgehead atoms.